The summed E-state index contributed by atoms with van der Waals surface area (Å²) in [7, 11) is 1.60. The van der Waals surface area contributed by atoms with Gasteiger partial charge < -0.3 is 15.0 Å². The van der Waals surface area contributed by atoms with Crippen LogP contribution in [0.4, 0.5) is 5.69 Å². The van der Waals surface area contributed by atoms with E-state index in [1.807, 2.05) is 24.0 Å². The zero-order chi connectivity index (χ0) is 20.8. The molecule has 3 rings (SSSR count). The van der Waals surface area contributed by atoms with Crippen LogP contribution < -0.4 is 10.9 Å². The number of rotatable bonds is 8. The summed E-state index contributed by atoms with van der Waals surface area (Å²) in [6.45, 7) is 3.28. The van der Waals surface area contributed by atoms with Gasteiger partial charge in [0.25, 0.3) is 5.56 Å². The molecule has 0 radical (unpaired) electrons. The maximum atomic E-state index is 12.5. The van der Waals surface area contributed by atoms with Crippen LogP contribution in [0.3, 0.4) is 0 Å². The van der Waals surface area contributed by atoms with E-state index >= 15 is 0 Å². The molecule has 2 N–H and O–H groups in total. The molecule has 8 heteroatoms. The Balaban J connectivity index is 1.73. The molecule has 0 fully saturated rings. The fraction of sp³-hybridized carbons (Fsp3) is 0.286. The molecule has 0 aliphatic carbocycles. The number of carbonyl (C=O) groups is 1. The Morgan fingerprint density at radius 3 is 2.83 bits per heavy atom. The minimum absolute atomic E-state index is 0.116. The Bertz CT molecular complexity index is 1070. The second-order valence-electron chi connectivity index (χ2n) is 6.75. The molecule has 0 saturated heterocycles. The molecule has 1 heterocycles. The number of nitrogens with zero attached hydrogens (tertiary/aromatic N) is 2. The second-order valence-corrected chi connectivity index (χ2v) is 7.15. The molecule has 0 atom stereocenters. The van der Waals surface area contributed by atoms with E-state index in [0.29, 0.717) is 47.1 Å². The van der Waals surface area contributed by atoms with Crippen molar-refractivity contribution < 1.29 is 9.53 Å². The summed E-state index contributed by atoms with van der Waals surface area (Å²) in [5.41, 5.74) is 2.00. The SMILES string of the molecule is COCCN(CC(=O)Nc1ccc(C)c(Cl)c1)Cc1nc2ccccc2c(=O)[nH]1. The molecule has 0 unspecified atom stereocenters. The van der Waals surface area contributed by atoms with Crippen LogP contribution in [0, 0.1) is 6.92 Å². The highest BCUT2D eigenvalue weighted by Crippen LogP contribution is 2.20. The Hall–Kier alpha value is -2.74. The predicted octanol–water partition coefficient (Wildman–Crippen LogP) is 2.97. The number of aromatic nitrogens is 2. The van der Waals surface area contributed by atoms with Crippen molar-refractivity contribution in [3.63, 3.8) is 0 Å². The summed E-state index contributed by atoms with van der Waals surface area (Å²) in [6, 6.07) is 12.5. The lowest BCUT2D eigenvalue weighted by molar-refractivity contribution is -0.117. The van der Waals surface area contributed by atoms with Gasteiger partial charge in [0.15, 0.2) is 0 Å². The summed E-state index contributed by atoms with van der Waals surface area (Å²) in [5, 5.41) is 3.98. The summed E-state index contributed by atoms with van der Waals surface area (Å²) in [5.74, 6) is 0.306. The summed E-state index contributed by atoms with van der Waals surface area (Å²) >= 11 is 6.12. The van der Waals surface area contributed by atoms with Crippen molar-refractivity contribution >= 4 is 34.1 Å². The molecule has 152 valence electrons. The van der Waals surface area contributed by atoms with Gasteiger partial charge in [-0.3, -0.25) is 14.5 Å². The van der Waals surface area contributed by atoms with Crippen molar-refractivity contribution in [2.24, 2.45) is 0 Å². The average molecular weight is 415 g/mol. The van der Waals surface area contributed by atoms with Gasteiger partial charge in [-0.2, -0.15) is 0 Å². The van der Waals surface area contributed by atoms with Crippen LogP contribution in [0.25, 0.3) is 10.9 Å². The zero-order valence-electron chi connectivity index (χ0n) is 16.4. The number of ether oxygens (including phenoxy) is 1. The molecule has 0 aliphatic rings. The number of hydrogen-bond donors (Lipinski definition) is 2. The minimum atomic E-state index is -0.198. The van der Waals surface area contributed by atoms with Crippen molar-refractivity contribution in [2.45, 2.75) is 13.5 Å². The average Bonchev–Trinajstić information content (AvgIpc) is 2.69. The molecule has 29 heavy (non-hydrogen) atoms. The van der Waals surface area contributed by atoms with Gasteiger partial charge in [-0.05, 0) is 36.8 Å². The van der Waals surface area contributed by atoms with E-state index in [-0.39, 0.29) is 18.0 Å². The molecule has 1 amide bonds. The number of aromatic amines is 1. The number of benzene rings is 2. The molecular weight excluding hydrogens is 392 g/mol. The highest BCUT2D eigenvalue weighted by Gasteiger charge is 2.14. The fourth-order valence-corrected chi connectivity index (χ4v) is 3.11. The van der Waals surface area contributed by atoms with Crippen LogP contribution >= 0.6 is 11.6 Å². The number of amides is 1. The predicted molar refractivity (Wildman–Crippen MR) is 114 cm³/mol. The van der Waals surface area contributed by atoms with Crippen LogP contribution in [-0.2, 0) is 16.1 Å². The van der Waals surface area contributed by atoms with E-state index in [9.17, 15) is 9.59 Å². The van der Waals surface area contributed by atoms with E-state index in [0.717, 1.165) is 5.56 Å². The third-order valence-electron chi connectivity index (χ3n) is 4.47. The Kier molecular flexibility index (Phi) is 6.98. The first-order chi connectivity index (χ1) is 14.0. The molecule has 3 aromatic rings. The first-order valence-electron chi connectivity index (χ1n) is 9.21. The smallest absolute Gasteiger partial charge is 0.258 e. The molecule has 1 aromatic heterocycles. The van der Waals surface area contributed by atoms with Gasteiger partial charge in [-0.15, -0.1) is 0 Å². The van der Waals surface area contributed by atoms with Crippen LogP contribution in [-0.4, -0.2) is 47.6 Å². The Morgan fingerprint density at radius 2 is 2.07 bits per heavy atom. The standard InChI is InChI=1S/C21H23ClN4O3/c1-14-7-8-15(11-17(14)22)23-20(27)13-26(9-10-29-2)12-19-24-18-6-4-3-5-16(18)21(28)25-19/h3-8,11H,9-10,12-13H2,1-2H3,(H,23,27)(H,24,25,28). The number of para-hydroxylation sites is 1. The van der Waals surface area contributed by atoms with Crippen LogP contribution in [0.1, 0.15) is 11.4 Å². The van der Waals surface area contributed by atoms with Gasteiger partial charge in [0.05, 0.1) is 30.6 Å². The highest BCUT2D eigenvalue weighted by molar-refractivity contribution is 6.31. The van der Waals surface area contributed by atoms with E-state index in [2.05, 4.69) is 15.3 Å². The number of hydrogen-bond acceptors (Lipinski definition) is 5. The molecule has 0 spiro atoms. The highest BCUT2D eigenvalue weighted by atomic mass is 35.5. The summed E-state index contributed by atoms with van der Waals surface area (Å²) < 4.78 is 5.15. The zero-order valence-corrected chi connectivity index (χ0v) is 17.1. The number of halogens is 1. The monoisotopic (exact) mass is 414 g/mol. The third kappa shape index (κ3) is 5.63. The van der Waals surface area contributed by atoms with E-state index < -0.39 is 0 Å². The Labute approximate surface area is 173 Å². The number of fused-ring (bicyclic) bond motifs is 1. The third-order valence-corrected chi connectivity index (χ3v) is 4.88. The maximum absolute atomic E-state index is 12.5. The minimum Gasteiger partial charge on any atom is -0.383 e. The van der Waals surface area contributed by atoms with Crippen LogP contribution in [0.5, 0.6) is 0 Å². The van der Waals surface area contributed by atoms with Gasteiger partial charge in [0.2, 0.25) is 5.91 Å². The second kappa shape index (κ2) is 9.65. The molecule has 0 saturated carbocycles. The van der Waals surface area contributed by atoms with Gasteiger partial charge in [-0.25, -0.2) is 4.98 Å². The van der Waals surface area contributed by atoms with Crippen molar-refractivity contribution in [1.82, 2.24) is 14.9 Å². The number of H-pyrrole nitrogens is 1. The lowest BCUT2D eigenvalue weighted by atomic mass is 10.2. The van der Waals surface area contributed by atoms with E-state index in [4.69, 9.17) is 16.3 Å². The molecule has 0 aliphatic heterocycles. The molecule has 0 bridgehead atoms. The Morgan fingerprint density at radius 1 is 1.28 bits per heavy atom. The summed E-state index contributed by atoms with van der Waals surface area (Å²) in [4.78, 5) is 34.0. The van der Waals surface area contributed by atoms with Crippen molar-refractivity contribution in [3.05, 3.63) is 69.2 Å². The van der Waals surface area contributed by atoms with Crippen molar-refractivity contribution in [3.8, 4) is 0 Å². The van der Waals surface area contributed by atoms with Gasteiger partial charge in [-0.1, -0.05) is 29.8 Å². The maximum Gasteiger partial charge on any atom is 0.258 e. The van der Waals surface area contributed by atoms with Crippen LogP contribution in [0.15, 0.2) is 47.3 Å². The fourth-order valence-electron chi connectivity index (χ4n) is 2.93. The first-order valence-corrected chi connectivity index (χ1v) is 9.59. The topological polar surface area (TPSA) is 87.3 Å². The van der Waals surface area contributed by atoms with Gasteiger partial charge in [0, 0.05) is 24.4 Å². The number of carbonyl (C=O) groups excluding carboxylic acids is 1. The van der Waals surface area contributed by atoms with Gasteiger partial charge in [0.1, 0.15) is 5.82 Å². The molecule has 2 aromatic carbocycles. The lowest BCUT2D eigenvalue weighted by Gasteiger charge is -2.21. The van der Waals surface area contributed by atoms with Crippen molar-refractivity contribution in [1.29, 1.82) is 0 Å². The van der Waals surface area contributed by atoms with E-state index in [1.165, 1.54) is 0 Å². The summed E-state index contributed by atoms with van der Waals surface area (Å²) in [6.07, 6.45) is 0. The van der Waals surface area contributed by atoms with E-state index in [1.54, 1.807) is 37.4 Å². The van der Waals surface area contributed by atoms with Crippen LogP contribution in [0.2, 0.25) is 5.02 Å². The number of aryl methyl sites for hydroxylation is 1. The quantitative estimate of drug-likeness (QED) is 0.591. The van der Waals surface area contributed by atoms with Gasteiger partial charge >= 0.3 is 0 Å². The normalized spacial score (nSPS) is 11.2. The molecular formula is C21H23ClN4O3. The number of nitrogens with one attached hydrogen (secondary N) is 2. The molecule has 7 nitrogen and oxygen atoms in total. The number of methoxy groups -OCH3 is 1. The van der Waals surface area contributed by atoms with Crippen molar-refractivity contribution in [2.75, 3.05) is 32.1 Å². The largest absolute Gasteiger partial charge is 0.383 e. The lowest BCUT2D eigenvalue weighted by Crippen LogP contribution is -2.36. The first kappa shape index (κ1) is 21.0. The number of anilines is 1.